The molecular formula is C8H12N2O5S. The van der Waals surface area contributed by atoms with E-state index in [0.29, 0.717) is 5.56 Å². The first kappa shape index (κ1) is 14.4. The maximum Gasteiger partial charge on any atom is 0.296 e. The lowest BCUT2D eigenvalue weighted by molar-refractivity contribution is -0.117. The van der Waals surface area contributed by atoms with E-state index >= 15 is 0 Å². The van der Waals surface area contributed by atoms with E-state index < -0.39 is 16.0 Å². The van der Waals surface area contributed by atoms with Gasteiger partial charge in [0.05, 0.1) is 12.1 Å². The fraction of sp³-hybridized carbons (Fsp3) is 0.125. The van der Waals surface area contributed by atoms with Crippen molar-refractivity contribution in [3.05, 3.63) is 23.8 Å². The molecule has 8 heteroatoms. The zero-order valence-corrected chi connectivity index (χ0v) is 8.99. The van der Waals surface area contributed by atoms with Gasteiger partial charge in [-0.2, -0.15) is 8.42 Å². The van der Waals surface area contributed by atoms with Crippen LogP contribution < -0.4 is 11.5 Å². The average Bonchev–Trinajstić information content (AvgIpc) is 1.99. The van der Waals surface area contributed by atoms with Crippen molar-refractivity contribution in [2.75, 3.05) is 5.73 Å². The summed E-state index contributed by atoms with van der Waals surface area (Å²) in [5.41, 5.74) is 10.7. The third-order valence-corrected chi connectivity index (χ3v) is 2.66. The molecule has 7 N–H and O–H groups in total. The molecule has 0 spiro atoms. The third-order valence-electron chi connectivity index (χ3n) is 1.73. The molecule has 0 aliphatic rings. The van der Waals surface area contributed by atoms with Gasteiger partial charge in [0.15, 0.2) is 0 Å². The van der Waals surface area contributed by atoms with E-state index in [4.69, 9.17) is 16.0 Å². The SMILES string of the molecule is NC(=O)Cc1ccc(S(=O)(=O)O)c(N)c1.O. The first-order chi connectivity index (χ1) is 6.80. The predicted molar refractivity (Wildman–Crippen MR) is 57.2 cm³/mol. The molecule has 0 saturated carbocycles. The summed E-state index contributed by atoms with van der Waals surface area (Å²) in [7, 11) is -4.32. The minimum absolute atomic E-state index is 0. The molecule has 1 aromatic rings. The molecule has 1 aromatic carbocycles. The molecule has 90 valence electrons. The van der Waals surface area contributed by atoms with Crippen LogP contribution in [0.25, 0.3) is 0 Å². The van der Waals surface area contributed by atoms with Crippen LogP contribution in [0.15, 0.2) is 23.1 Å². The van der Waals surface area contributed by atoms with Crippen LogP contribution in [0.4, 0.5) is 5.69 Å². The Morgan fingerprint density at radius 3 is 2.31 bits per heavy atom. The van der Waals surface area contributed by atoms with Gasteiger partial charge in [0.1, 0.15) is 4.90 Å². The number of benzene rings is 1. The maximum absolute atomic E-state index is 10.8. The quantitative estimate of drug-likeness (QED) is 0.448. The van der Waals surface area contributed by atoms with E-state index in [2.05, 4.69) is 0 Å². The lowest BCUT2D eigenvalue weighted by Crippen LogP contribution is -2.14. The van der Waals surface area contributed by atoms with Crippen molar-refractivity contribution >= 4 is 21.7 Å². The monoisotopic (exact) mass is 248 g/mol. The highest BCUT2D eigenvalue weighted by Crippen LogP contribution is 2.19. The van der Waals surface area contributed by atoms with Crippen LogP contribution in [-0.4, -0.2) is 24.4 Å². The molecule has 0 bridgehead atoms. The molecule has 7 nitrogen and oxygen atoms in total. The second-order valence-electron chi connectivity index (χ2n) is 2.99. The number of hydrogen-bond donors (Lipinski definition) is 3. The second kappa shape index (κ2) is 4.92. The fourth-order valence-corrected chi connectivity index (χ4v) is 1.74. The first-order valence-electron chi connectivity index (χ1n) is 3.95. The first-order valence-corrected chi connectivity index (χ1v) is 5.39. The van der Waals surface area contributed by atoms with Crippen molar-refractivity contribution in [1.82, 2.24) is 0 Å². The summed E-state index contributed by atoms with van der Waals surface area (Å²) in [6.07, 6.45) is -0.0318. The van der Waals surface area contributed by atoms with Crippen LogP contribution in [0.1, 0.15) is 5.56 Å². The zero-order valence-electron chi connectivity index (χ0n) is 8.17. The number of nitrogens with two attached hydrogens (primary N) is 2. The molecular weight excluding hydrogens is 236 g/mol. The number of primary amides is 1. The Kier molecular flexibility index (Phi) is 4.42. The van der Waals surface area contributed by atoms with Crippen molar-refractivity contribution in [1.29, 1.82) is 0 Å². The van der Waals surface area contributed by atoms with Crippen LogP contribution in [0.5, 0.6) is 0 Å². The highest BCUT2D eigenvalue weighted by Gasteiger charge is 2.14. The standard InChI is InChI=1S/C8H10N2O4S.H2O/c9-6-3-5(4-8(10)11)1-2-7(6)15(12,13)14;/h1-3H,4,9H2,(H2,10,11)(H,12,13,14);1H2. The van der Waals surface area contributed by atoms with Gasteiger partial charge in [0.2, 0.25) is 5.91 Å². The molecule has 0 fully saturated rings. The Labute approximate surface area is 92.1 Å². The van der Waals surface area contributed by atoms with Crippen molar-refractivity contribution in [3.8, 4) is 0 Å². The van der Waals surface area contributed by atoms with Gasteiger partial charge in [-0.05, 0) is 17.7 Å². The summed E-state index contributed by atoms with van der Waals surface area (Å²) in [6.45, 7) is 0. The maximum atomic E-state index is 10.8. The van der Waals surface area contributed by atoms with Crippen LogP contribution in [0.2, 0.25) is 0 Å². The molecule has 0 heterocycles. The Balaban J connectivity index is 0.00000225. The van der Waals surface area contributed by atoms with Crippen LogP contribution in [0.3, 0.4) is 0 Å². The van der Waals surface area contributed by atoms with E-state index in [1.807, 2.05) is 0 Å². The van der Waals surface area contributed by atoms with E-state index in [0.717, 1.165) is 6.07 Å². The molecule has 0 atom stereocenters. The van der Waals surface area contributed by atoms with Gasteiger partial charge >= 0.3 is 0 Å². The largest absolute Gasteiger partial charge is 0.412 e. The third kappa shape index (κ3) is 3.50. The number of rotatable bonds is 3. The second-order valence-corrected chi connectivity index (χ2v) is 4.38. The van der Waals surface area contributed by atoms with Gasteiger partial charge in [0.25, 0.3) is 10.1 Å². The summed E-state index contributed by atoms with van der Waals surface area (Å²) in [6, 6.07) is 3.78. The summed E-state index contributed by atoms with van der Waals surface area (Å²) >= 11 is 0. The smallest absolute Gasteiger partial charge is 0.296 e. The zero-order chi connectivity index (χ0) is 11.6. The lowest BCUT2D eigenvalue weighted by Gasteiger charge is -2.04. The molecule has 0 aromatic heterocycles. The molecule has 0 aliphatic heterocycles. The predicted octanol–water partition coefficient (Wildman–Crippen LogP) is -1.28. The minimum atomic E-state index is -4.32. The Morgan fingerprint density at radius 1 is 1.38 bits per heavy atom. The van der Waals surface area contributed by atoms with Gasteiger partial charge in [-0.3, -0.25) is 9.35 Å². The fourth-order valence-electron chi connectivity index (χ4n) is 1.14. The average molecular weight is 248 g/mol. The van der Waals surface area contributed by atoms with Crippen molar-refractivity contribution in [2.24, 2.45) is 5.73 Å². The van der Waals surface area contributed by atoms with Crippen molar-refractivity contribution in [3.63, 3.8) is 0 Å². The van der Waals surface area contributed by atoms with Gasteiger partial charge in [-0.1, -0.05) is 6.07 Å². The number of carbonyl (C=O) groups excluding carboxylic acids is 1. The van der Waals surface area contributed by atoms with Crippen LogP contribution >= 0.6 is 0 Å². The number of hydrogen-bond acceptors (Lipinski definition) is 4. The molecule has 16 heavy (non-hydrogen) atoms. The Bertz CT molecular complexity index is 497. The summed E-state index contributed by atoms with van der Waals surface area (Å²) in [5.74, 6) is -0.547. The number of carbonyl (C=O) groups is 1. The minimum Gasteiger partial charge on any atom is -0.412 e. The topological polar surface area (TPSA) is 155 Å². The molecule has 1 rings (SSSR count). The summed E-state index contributed by atoms with van der Waals surface area (Å²) in [5, 5.41) is 0. The van der Waals surface area contributed by atoms with E-state index in [-0.39, 0.29) is 22.5 Å². The number of nitrogen functional groups attached to an aromatic ring is 1. The molecule has 0 saturated heterocycles. The molecule has 0 unspecified atom stereocenters. The van der Waals surface area contributed by atoms with E-state index in [1.54, 1.807) is 0 Å². The lowest BCUT2D eigenvalue weighted by atomic mass is 10.1. The van der Waals surface area contributed by atoms with Crippen molar-refractivity contribution in [2.45, 2.75) is 11.3 Å². The Hall–Kier alpha value is -1.64. The van der Waals surface area contributed by atoms with Gasteiger partial charge in [0, 0.05) is 0 Å². The van der Waals surface area contributed by atoms with Gasteiger partial charge in [-0.25, -0.2) is 0 Å². The van der Waals surface area contributed by atoms with Gasteiger partial charge < -0.3 is 16.9 Å². The molecule has 0 radical (unpaired) electrons. The summed E-state index contributed by atoms with van der Waals surface area (Å²) in [4.78, 5) is 10.2. The highest BCUT2D eigenvalue weighted by molar-refractivity contribution is 7.86. The summed E-state index contributed by atoms with van der Waals surface area (Å²) < 4.78 is 30.3. The van der Waals surface area contributed by atoms with E-state index in [9.17, 15) is 13.2 Å². The van der Waals surface area contributed by atoms with E-state index in [1.165, 1.54) is 12.1 Å². The highest BCUT2D eigenvalue weighted by atomic mass is 32.2. The number of amides is 1. The van der Waals surface area contributed by atoms with Crippen LogP contribution in [-0.2, 0) is 21.3 Å². The van der Waals surface area contributed by atoms with Crippen LogP contribution in [0, 0.1) is 0 Å². The molecule has 0 aliphatic carbocycles. The number of anilines is 1. The molecule has 1 amide bonds. The Morgan fingerprint density at radius 2 is 1.94 bits per heavy atom. The van der Waals surface area contributed by atoms with Gasteiger partial charge in [-0.15, -0.1) is 0 Å². The normalized spacial score (nSPS) is 10.6. The van der Waals surface area contributed by atoms with Crippen molar-refractivity contribution < 1.29 is 23.2 Å².